The summed E-state index contributed by atoms with van der Waals surface area (Å²) < 4.78 is 2.01. The molecule has 0 bridgehead atoms. The molecule has 2 aromatic heterocycles. The maximum Gasteiger partial charge on any atom is 0.261 e. The van der Waals surface area contributed by atoms with Crippen LogP contribution in [-0.2, 0) is 6.54 Å². The van der Waals surface area contributed by atoms with Gasteiger partial charge in [0.15, 0.2) is 0 Å². The third kappa shape index (κ3) is 4.40. The number of aromatic nitrogens is 2. The standard InChI is InChI=1S/C21H26N4OS.ClH/c1-15-17-12-18(19(26)23-14-21(2)8-10-22-11-9-21)27-20(17)25(24-15)13-16-6-4-3-5-7-16;/h3-7,12,22H,8-11,13-14H2,1-2H3,(H,23,26);1H. The van der Waals surface area contributed by atoms with Gasteiger partial charge in [-0.2, -0.15) is 5.10 Å². The second-order valence-corrected chi connectivity index (χ2v) is 8.83. The molecule has 1 aromatic carbocycles. The van der Waals surface area contributed by atoms with Crippen molar-refractivity contribution >= 4 is 39.9 Å². The van der Waals surface area contributed by atoms with E-state index in [1.165, 1.54) is 16.9 Å². The summed E-state index contributed by atoms with van der Waals surface area (Å²) in [6.07, 6.45) is 2.20. The fourth-order valence-corrected chi connectivity index (χ4v) is 4.75. The van der Waals surface area contributed by atoms with Gasteiger partial charge in [-0.05, 0) is 49.9 Å². The van der Waals surface area contributed by atoms with Gasteiger partial charge in [0.05, 0.1) is 17.1 Å². The van der Waals surface area contributed by atoms with Gasteiger partial charge in [-0.15, -0.1) is 23.7 Å². The summed E-state index contributed by atoms with van der Waals surface area (Å²) in [5.41, 5.74) is 2.37. The lowest BCUT2D eigenvalue weighted by molar-refractivity contribution is 0.0926. The molecule has 3 aromatic rings. The minimum atomic E-state index is 0. The van der Waals surface area contributed by atoms with Gasteiger partial charge in [-0.25, -0.2) is 0 Å². The Kier molecular flexibility index (Phi) is 6.43. The van der Waals surface area contributed by atoms with Gasteiger partial charge >= 0.3 is 0 Å². The molecule has 0 saturated carbocycles. The molecular weight excluding hydrogens is 392 g/mol. The molecule has 1 aliphatic heterocycles. The van der Waals surface area contributed by atoms with Gasteiger partial charge in [0.2, 0.25) is 0 Å². The zero-order chi connectivity index (χ0) is 18.9. The normalized spacial score (nSPS) is 15.9. The number of fused-ring (bicyclic) bond motifs is 1. The van der Waals surface area contributed by atoms with Crippen LogP contribution in [0.25, 0.3) is 10.2 Å². The minimum absolute atomic E-state index is 0. The van der Waals surface area contributed by atoms with Crippen molar-refractivity contribution in [1.82, 2.24) is 20.4 Å². The van der Waals surface area contributed by atoms with Crippen molar-refractivity contribution in [2.75, 3.05) is 19.6 Å². The summed E-state index contributed by atoms with van der Waals surface area (Å²) in [7, 11) is 0. The molecule has 0 radical (unpaired) electrons. The molecule has 4 rings (SSSR count). The molecule has 5 nitrogen and oxygen atoms in total. The number of rotatable bonds is 5. The fourth-order valence-electron chi connectivity index (χ4n) is 3.68. The summed E-state index contributed by atoms with van der Waals surface area (Å²) in [5, 5.41) is 12.3. The van der Waals surface area contributed by atoms with Crippen LogP contribution in [0.1, 0.15) is 40.7 Å². The lowest BCUT2D eigenvalue weighted by atomic mass is 9.81. The predicted molar refractivity (Wildman–Crippen MR) is 118 cm³/mol. The van der Waals surface area contributed by atoms with Gasteiger partial charge < -0.3 is 10.6 Å². The zero-order valence-corrected chi connectivity index (χ0v) is 18.0. The van der Waals surface area contributed by atoms with E-state index >= 15 is 0 Å². The maximum absolute atomic E-state index is 12.7. The summed E-state index contributed by atoms with van der Waals surface area (Å²) in [6, 6.07) is 12.3. The first-order chi connectivity index (χ1) is 13.0. The SMILES string of the molecule is Cc1nn(Cc2ccccc2)c2sc(C(=O)NCC3(C)CCNCC3)cc12.Cl. The molecule has 1 aliphatic rings. The molecule has 1 saturated heterocycles. The fraction of sp³-hybridized carbons (Fsp3) is 0.429. The number of nitrogens with zero attached hydrogens (tertiary/aromatic N) is 2. The van der Waals surface area contributed by atoms with Crippen LogP contribution >= 0.6 is 23.7 Å². The number of carbonyl (C=O) groups excluding carboxylic acids is 1. The third-order valence-corrected chi connectivity index (χ3v) is 6.64. The molecule has 150 valence electrons. The van der Waals surface area contributed by atoms with Crippen LogP contribution in [-0.4, -0.2) is 35.3 Å². The van der Waals surface area contributed by atoms with E-state index in [-0.39, 0.29) is 23.7 Å². The highest BCUT2D eigenvalue weighted by Gasteiger charge is 2.27. The van der Waals surface area contributed by atoms with Crippen LogP contribution in [0.3, 0.4) is 0 Å². The van der Waals surface area contributed by atoms with E-state index in [0.29, 0.717) is 0 Å². The Labute approximate surface area is 175 Å². The molecule has 0 aliphatic carbocycles. The molecule has 0 spiro atoms. The van der Waals surface area contributed by atoms with Gasteiger partial charge in [-0.3, -0.25) is 9.48 Å². The number of carbonyl (C=O) groups is 1. The van der Waals surface area contributed by atoms with Crippen molar-refractivity contribution in [3.63, 3.8) is 0 Å². The number of thiophene rings is 1. The predicted octanol–water partition coefficient (Wildman–Crippen LogP) is 4.00. The van der Waals surface area contributed by atoms with Crippen LogP contribution in [0.2, 0.25) is 0 Å². The highest BCUT2D eigenvalue weighted by molar-refractivity contribution is 7.20. The van der Waals surface area contributed by atoms with E-state index in [4.69, 9.17) is 0 Å². The average molecular weight is 419 g/mol. The van der Waals surface area contributed by atoms with Crippen molar-refractivity contribution in [3.05, 3.63) is 52.5 Å². The van der Waals surface area contributed by atoms with Crippen LogP contribution in [0, 0.1) is 12.3 Å². The van der Waals surface area contributed by atoms with Crippen LogP contribution in [0.5, 0.6) is 0 Å². The number of piperidine rings is 1. The average Bonchev–Trinajstić information content (AvgIpc) is 3.23. The Hall–Kier alpha value is -1.89. The maximum atomic E-state index is 12.7. The molecule has 0 atom stereocenters. The van der Waals surface area contributed by atoms with Gasteiger partial charge in [0.1, 0.15) is 4.83 Å². The van der Waals surface area contributed by atoms with Crippen molar-refractivity contribution in [1.29, 1.82) is 0 Å². The lowest BCUT2D eigenvalue weighted by Gasteiger charge is -2.34. The van der Waals surface area contributed by atoms with Crippen molar-refractivity contribution in [2.24, 2.45) is 5.41 Å². The number of aryl methyl sites for hydroxylation is 1. The highest BCUT2D eigenvalue weighted by atomic mass is 35.5. The summed E-state index contributed by atoms with van der Waals surface area (Å²) in [4.78, 5) is 14.6. The number of halogens is 1. The number of nitrogens with one attached hydrogen (secondary N) is 2. The van der Waals surface area contributed by atoms with E-state index in [2.05, 4.69) is 34.8 Å². The largest absolute Gasteiger partial charge is 0.351 e. The van der Waals surface area contributed by atoms with Crippen LogP contribution in [0.15, 0.2) is 36.4 Å². The molecule has 1 fully saturated rings. The first kappa shape index (κ1) is 20.8. The molecule has 2 N–H and O–H groups in total. The Balaban J connectivity index is 0.00000225. The van der Waals surface area contributed by atoms with E-state index in [1.54, 1.807) is 0 Å². The number of amides is 1. The quantitative estimate of drug-likeness (QED) is 0.658. The highest BCUT2D eigenvalue weighted by Crippen LogP contribution is 2.30. The molecule has 1 amide bonds. The number of benzene rings is 1. The first-order valence-corrected chi connectivity index (χ1v) is 10.4. The third-order valence-electron chi connectivity index (χ3n) is 5.49. The molecule has 28 heavy (non-hydrogen) atoms. The number of hydrogen-bond donors (Lipinski definition) is 2. The van der Waals surface area contributed by atoms with Crippen molar-refractivity contribution in [3.8, 4) is 0 Å². The van der Waals surface area contributed by atoms with Gasteiger partial charge in [-0.1, -0.05) is 37.3 Å². The Morgan fingerprint density at radius 2 is 2.00 bits per heavy atom. The van der Waals surface area contributed by atoms with E-state index in [1.807, 2.05) is 35.9 Å². The smallest absolute Gasteiger partial charge is 0.261 e. The zero-order valence-electron chi connectivity index (χ0n) is 16.3. The number of hydrogen-bond acceptors (Lipinski definition) is 4. The molecule has 3 heterocycles. The lowest BCUT2D eigenvalue weighted by Crippen LogP contribution is -2.42. The summed E-state index contributed by atoms with van der Waals surface area (Å²) in [5.74, 6) is 0.0293. The Morgan fingerprint density at radius 3 is 2.71 bits per heavy atom. The Morgan fingerprint density at radius 1 is 1.29 bits per heavy atom. The summed E-state index contributed by atoms with van der Waals surface area (Å²) >= 11 is 1.53. The van der Waals surface area contributed by atoms with E-state index in [9.17, 15) is 4.79 Å². The second-order valence-electron chi connectivity index (χ2n) is 7.80. The van der Waals surface area contributed by atoms with E-state index in [0.717, 1.165) is 59.8 Å². The van der Waals surface area contributed by atoms with Crippen LogP contribution < -0.4 is 10.6 Å². The van der Waals surface area contributed by atoms with Gasteiger partial charge in [0.25, 0.3) is 5.91 Å². The van der Waals surface area contributed by atoms with E-state index < -0.39 is 0 Å². The topological polar surface area (TPSA) is 59.0 Å². The minimum Gasteiger partial charge on any atom is -0.351 e. The van der Waals surface area contributed by atoms with Crippen molar-refractivity contribution < 1.29 is 4.79 Å². The Bertz CT molecular complexity index is 944. The van der Waals surface area contributed by atoms with Crippen molar-refractivity contribution in [2.45, 2.75) is 33.2 Å². The summed E-state index contributed by atoms with van der Waals surface area (Å²) in [6.45, 7) is 7.79. The molecule has 0 unspecified atom stereocenters. The van der Waals surface area contributed by atoms with Gasteiger partial charge in [0, 0.05) is 11.9 Å². The molecule has 7 heteroatoms. The monoisotopic (exact) mass is 418 g/mol. The first-order valence-electron chi connectivity index (χ1n) is 9.54. The second kappa shape index (κ2) is 8.64. The van der Waals surface area contributed by atoms with Crippen LogP contribution in [0.4, 0.5) is 0 Å². The molecular formula is C21H27ClN4OS.